The van der Waals surface area contributed by atoms with Crippen LogP contribution in [-0.4, -0.2) is 37.9 Å². The van der Waals surface area contributed by atoms with E-state index in [2.05, 4.69) is 10.5 Å². The predicted molar refractivity (Wildman–Crippen MR) is 100 cm³/mol. The van der Waals surface area contributed by atoms with E-state index in [0.29, 0.717) is 18.4 Å². The third-order valence-corrected chi connectivity index (χ3v) is 6.38. The molecule has 27 heavy (non-hydrogen) atoms. The van der Waals surface area contributed by atoms with Crippen LogP contribution in [0.3, 0.4) is 0 Å². The molecule has 1 N–H and O–H groups in total. The van der Waals surface area contributed by atoms with Crippen LogP contribution in [0.1, 0.15) is 18.4 Å². The van der Waals surface area contributed by atoms with Crippen molar-refractivity contribution in [3.63, 3.8) is 0 Å². The Morgan fingerprint density at radius 2 is 1.70 bits per heavy atom. The molecule has 3 rings (SSSR count). The zero-order chi connectivity index (χ0) is 19.3. The maximum Gasteiger partial charge on any atom is 0.243 e. The minimum Gasteiger partial charge on any atom is -0.273 e. The van der Waals surface area contributed by atoms with Crippen LogP contribution in [-0.2, 0) is 14.8 Å². The summed E-state index contributed by atoms with van der Waals surface area (Å²) >= 11 is 0. The predicted octanol–water partition coefficient (Wildman–Crippen LogP) is 2.38. The number of nitrogens with zero attached hydrogens (tertiary/aromatic N) is 2. The lowest BCUT2D eigenvalue weighted by molar-refractivity contribution is -0.126. The van der Waals surface area contributed by atoms with Gasteiger partial charge in [0.15, 0.2) is 0 Å². The Bertz CT molecular complexity index is 907. The fraction of sp³-hybridized carbons (Fsp3) is 0.263. The number of hydrazone groups is 1. The zero-order valence-electron chi connectivity index (χ0n) is 14.6. The number of amides is 1. The summed E-state index contributed by atoms with van der Waals surface area (Å²) in [6.07, 6.45) is 2.31. The van der Waals surface area contributed by atoms with Crippen LogP contribution in [0.4, 0.5) is 4.39 Å². The van der Waals surface area contributed by atoms with Crippen LogP contribution in [0.15, 0.2) is 64.6 Å². The highest BCUT2D eigenvalue weighted by atomic mass is 32.2. The summed E-state index contributed by atoms with van der Waals surface area (Å²) in [4.78, 5) is 12.5. The highest BCUT2D eigenvalue weighted by molar-refractivity contribution is 7.89. The van der Waals surface area contributed by atoms with E-state index in [1.165, 1.54) is 22.7 Å². The van der Waals surface area contributed by atoms with Gasteiger partial charge in [-0.15, -0.1) is 0 Å². The SMILES string of the molecule is O=C(NN=Cc1ccc(F)cc1)C1CCN(S(=O)(=O)c2ccccc2)CC1. The van der Waals surface area contributed by atoms with Gasteiger partial charge in [-0.3, -0.25) is 4.79 Å². The lowest BCUT2D eigenvalue weighted by Gasteiger charge is -2.30. The summed E-state index contributed by atoms with van der Waals surface area (Å²) in [5.41, 5.74) is 3.14. The smallest absolute Gasteiger partial charge is 0.243 e. The molecule has 0 aromatic heterocycles. The van der Waals surface area contributed by atoms with Crippen LogP contribution in [0, 0.1) is 11.7 Å². The lowest BCUT2D eigenvalue weighted by Crippen LogP contribution is -2.42. The van der Waals surface area contributed by atoms with Crippen LogP contribution in [0.5, 0.6) is 0 Å². The molecule has 1 heterocycles. The van der Waals surface area contributed by atoms with Crippen molar-refractivity contribution in [1.82, 2.24) is 9.73 Å². The van der Waals surface area contributed by atoms with Crippen LogP contribution < -0.4 is 5.43 Å². The Morgan fingerprint density at radius 1 is 1.07 bits per heavy atom. The molecular weight excluding hydrogens is 369 g/mol. The summed E-state index contributed by atoms with van der Waals surface area (Å²) in [6.45, 7) is 0.577. The van der Waals surface area contributed by atoms with Crippen molar-refractivity contribution in [2.45, 2.75) is 17.7 Å². The number of benzene rings is 2. The van der Waals surface area contributed by atoms with Crippen LogP contribution >= 0.6 is 0 Å². The average molecular weight is 389 g/mol. The maximum atomic E-state index is 12.8. The van der Waals surface area contributed by atoms with Gasteiger partial charge in [0.05, 0.1) is 11.1 Å². The first-order valence-corrected chi connectivity index (χ1v) is 10.0. The first-order valence-electron chi connectivity index (χ1n) is 8.60. The topological polar surface area (TPSA) is 78.8 Å². The van der Waals surface area contributed by atoms with E-state index >= 15 is 0 Å². The summed E-state index contributed by atoms with van der Waals surface area (Å²) in [7, 11) is -3.53. The molecule has 1 saturated heterocycles. The molecule has 0 spiro atoms. The fourth-order valence-electron chi connectivity index (χ4n) is 2.91. The number of piperidine rings is 1. The number of rotatable bonds is 5. The molecule has 1 amide bonds. The van der Waals surface area contributed by atoms with Gasteiger partial charge in [-0.05, 0) is 42.7 Å². The van der Waals surface area contributed by atoms with E-state index < -0.39 is 10.0 Å². The Hall–Kier alpha value is -2.58. The first kappa shape index (κ1) is 19.2. The van der Waals surface area contributed by atoms with Crippen molar-refractivity contribution >= 4 is 22.1 Å². The number of nitrogens with one attached hydrogen (secondary N) is 1. The van der Waals surface area contributed by atoms with Crippen molar-refractivity contribution in [2.24, 2.45) is 11.0 Å². The molecule has 6 nitrogen and oxygen atoms in total. The second-order valence-electron chi connectivity index (χ2n) is 6.28. The highest BCUT2D eigenvalue weighted by Gasteiger charge is 2.31. The molecule has 0 bridgehead atoms. The minimum absolute atomic E-state index is 0.245. The Kier molecular flexibility index (Phi) is 5.98. The van der Waals surface area contributed by atoms with E-state index in [-0.39, 0.29) is 35.6 Å². The van der Waals surface area contributed by atoms with Crippen LogP contribution in [0.2, 0.25) is 0 Å². The molecule has 2 aromatic rings. The third kappa shape index (κ3) is 4.78. The van der Waals surface area contributed by atoms with Gasteiger partial charge in [-0.2, -0.15) is 9.41 Å². The fourth-order valence-corrected chi connectivity index (χ4v) is 4.40. The van der Waals surface area contributed by atoms with E-state index in [0.717, 1.165) is 0 Å². The molecular formula is C19H20FN3O3S. The van der Waals surface area contributed by atoms with Crippen molar-refractivity contribution < 1.29 is 17.6 Å². The van der Waals surface area contributed by atoms with Gasteiger partial charge in [0.25, 0.3) is 0 Å². The van der Waals surface area contributed by atoms with Gasteiger partial charge < -0.3 is 0 Å². The second kappa shape index (κ2) is 8.41. The number of hydrogen-bond acceptors (Lipinski definition) is 4. The normalized spacial score (nSPS) is 16.5. The summed E-state index contributed by atoms with van der Waals surface area (Å²) < 4.78 is 39.4. The number of hydrogen-bond donors (Lipinski definition) is 1. The average Bonchev–Trinajstić information content (AvgIpc) is 2.70. The van der Waals surface area contributed by atoms with Crippen molar-refractivity contribution in [3.05, 3.63) is 66.0 Å². The minimum atomic E-state index is -3.53. The summed E-state index contributed by atoms with van der Waals surface area (Å²) in [6, 6.07) is 14.0. The largest absolute Gasteiger partial charge is 0.273 e. The second-order valence-corrected chi connectivity index (χ2v) is 8.22. The Morgan fingerprint density at radius 3 is 2.33 bits per heavy atom. The van der Waals surface area contributed by atoms with Gasteiger partial charge in [-0.1, -0.05) is 30.3 Å². The standard InChI is InChI=1S/C19H20FN3O3S/c20-17-8-6-15(7-9-17)14-21-22-19(24)16-10-12-23(13-11-16)27(25,26)18-4-2-1-3-5-18/h1-9,14,16H,10-13H2,(H,22,24). The third-order valence-electron chi connectivity index (χ3n) is 4.46. The molecule has 1 aliphatic rings. The number of carbonyl (C=O) groups excluding carboxylic acids is 1. The number of carbonyl (C=O) groups is 1. The molecule has 2 aromatic carbocycles. The van der Waals surface area contributed by atoms with Gasteiger partial charge in [0, 0.05) is 19.0 Å². The molecule has 8 heteroatoms. The molecule has 0 saturated carbocycles. The lowest BCUT2D eigenvalue weighted by atomic mass is 9.98. The molecule has 0 unspecified atom stereocenters. The molecule has 1 fully saturated rings. The van der Waals surface area contributed by atoms with E-state index in [4.69, 9.17) is 0 Å². The molecule has 142 valence electrons. The maximum absolute atomic E-state index is 12.8. The number of sulfonamides is 1. The quantitative estimate of drug-likeness (QED) is 0.630. The Balaban J connectivity index is 1.53. The Labute approximate surface area is 157 Å². The van der Waals surface area contributed by atoms with Crippen molar-refractivity contribution in [2.75, 3.05) is 13.1 Å². The van der Waals surface area contributed by atoms with E-state index in [1.54, 1.807) is 42.5 Å². The zero-order valence-corrected chi connectivity index (χ0v) is 15.4. The number of halogens is 1. The molecule has 0 radical (unpaired) electrons. The van der Waals surface area contributed by atoms with E-state index in [1.807, 2.05) is 0 Å². The summed E-state index contributed by atoms with van der Waals surface area (Å²) in [5.74, 6) is -0.879. The van der Waals surface area contributed by atoms with Gasteiger partial charge in [-0.25, -0.2) is 18.2 Å². The van der Waals surface area contributed by atoms with Crippen molar-refractivity contribution in [3.8, 4) is 0 Å². The van der Waals surface area contributed by atoms with Gasteiger partial charge in [0.2, 0.25) is 15.9 Å². The van der Waals surface area contributed by atoms with Gasteiger partial charge in [0.1, 0.15) is 5.82 Å². The first-order chi connectivity index (χ1) is 13.0. The monoisotopic (exact) mass is 389 g/mol. The van der Waals surface area contributed by atoms with Gasteiger partial charge >= 0.3 is 0 Å². The van der Waals surface area contributed by atoms with Crippen molar-refractivity contribution in [1.29, 1.82) is 0 Å². The van der Waals surface area contributed by atoms with Crippen LogP contribution in [0.25, 0.3) is 0 Å². The molecule has 0 atom stereocenters. The molecule has 0 aliphatic carbocycles. The summed E-state index contributed by atoms with van der Waals surface area (Å²) in [5, 5.41) is 3.88. The highest BCUT2D eigenvalue weighted by Crippen LogP contribution is 2.23. The molecule has 1 aliphatic heterocycles. The van der Waals surface area contributed by atoms with E-state index in [9.17, 15) is 17.6 Å².